The first kappa shape index (κ1) is 18.0. The number of hydrogen-bond acceptors (Lipinski definition) is 5. The van der Waals surface area contributed by atoms with Crippen molar-refractivity contribution in [3.8, 4) is 11.4 Å². The standard InChI is InChI=1S/C19H18N4O4/c1-2-27-18(25)16-12-20-23(14-8-4-3-5-9-14)17(16)22-19(26)21-13-7-6-10-15(24)11-13/h3-12,24H,2H2,1H3,(H2,21,22,26). The van der Waals surface area contributed by atoms with Gasteiger partial charge in [0.2, 0.25) is 0 Å². The van der Waals surface area contributed by atoms with Crippen LogP contribution in [-0.2, 0) is 4.74 Å². The summed E-state index contributed by atoms with van der Waals surface area (Å²) in [7, 11) is 0. The van der Waals surface area contributed by atoms with Gasteiger partial charge < -0.3 is 15.2 Å². The van der Waals surface area contributed by atoms with Crippen molar-refractivity contribution in [3.63, 3.8) is 0 Å². The maximum absolute atomic E-state index is 12.4. The molecule has 0 saturated carbocycles. The van der Waals surface area contributed by atoms with Gasteiger partial charge in [-0.1, -0.05) is 24.3 Å². The number of anilines is 2. The van der Waals surface area contributed by atoms with Crippen LogP contribution in [0.3, 0.4) is 0 Å². The molecule has 0 radical (unpaired) electrons. The minimum atomic E-state index is -0.594. The Labute approximate surface area is 155 Å². The Morgan fingerprint density at radius 2 is 1.89 bits per heavy atom. The summed E-state index contributed by atoms with van der Waals surface area (Å²) >= 11 is 0. The summed E-state index contributed by atoms with van der Waals surface area (Å²) in [5.74, 6) is -0.390. The number of nitrogens with one attached hydrogen (secondary N) is 2. The summed E-state index contributed by atoms with van der Waals surface area (Å²) < 4.78 is 6.48. The Hall–Kier alpha value is -3.81. The van der Waals surface area contributed by atoms with Crippen LogP contribution in [-0.4, -0.2) is 33.5 Å². The number of rotatable bonds is 5. The third kappa shape index (κ3) is 4.24. The lowest BCUT2D eigenvalue weighted by Crippen LogP contribution is -2.23. The molecule has 0 aliphatic rings. The predicted octanol–water partition coefficient (Wildman–Crippen LogP) is 3.40. The van der Waals surface area contributed by atoms with Gasteiger partial charge in [0.15, 0.2) is 5.82 Å². The Balaban J connectivity index is 1.90. The Kier molecular flexibility index (Phi) is 5.36. The molecule has 2 aromatic carbocycles. The normalized spacial score (nSPS) is 10.3. The second-order valence-corrected chi connectivity index (χ2v) is 5.50. The number of ether oxygens (including phenoxy) is 1. The zero-order valence-electron chi connectivity index (χ0n) is 14.5. The van der Waals surface area contributed by atoms with Gasteiger partial charge in [0.25, 0.3) is 0 Å². The second kappa shape index (κ2) is 8.05. The average molecular weight is 366 g/mol. The van der Waals surface area contributed by atoms with Crippen LogP contribution in [0.5, 0.6) is 5.75 Å². The van der Waals surface area contributed by atoms with E-state index in [1.807, 2.05) is 18.2 Å². The van der Waals surface area contributed by atoms with E-state index in [4.69, 9.17) is 4.74 Å². The Morgan fingerprint density at radius 1 is 1.11 bits per heavy atom. The molecule has 3 N–H and O–H groups in total. The monoisotopic (exact) mass is 366 g/mol. The van der Waals surface area contributed by atoms with Crippen LogP contribution in [0.4, 0.5) is 16.3 Å². The molecule has 0 fully saturated rings. The zero-order valence-corrected chi connectivity index (χ0v) is 14.5. The fourth-order valence-electron chi connectivity index (χ4n) is 2.45. The van der Waals surface area contributed by atoms with E-state index in [2.05, 4.69) is 15.7 Å². The van der Waals surface area contributed by atoms with Gasteiger partial charge >= 0.3 is 12.0 Å². The molecule has 0 bridgehead atoms. The molecule has 0 aliphatic heterocycles. The third-order valence-electron chi connectivity index (χ3n) is 3.60. The van der Waals surface area contributed by atoms with E-state index in [-0.39, 0.29) is 23.7 Å². The number of phenols is 1. The summed E-state index contributed by atoms with van der Waals surface area (Å²) in [6, 6.07) is 14.6. The highest BCUT2D eigenvalue weighted by Crippen LogP contribution is 2.22. The average Bonchev–Trinajstić information content (AvgIpc) is 3.06. The molecule has 1 heterocycles. The first-order valence-electron chi connectivity index (χ1n) is 8.26. The summed E-state index contributed by atoms with van der Waals surface area (Å²) in [5, 5.41) is 18.9. The topological polar surface area (TPSA) is 105 Å². The van der Waals surface area contributed by atoms with Crippen molar-refractivity contribution in [1.29, 1.82) is 0 Å². The van der Waals surface area contributed by atoms with Gasteiger partial charge in [-0.05, 0) is 31.2 Å². The number of urea groups is 1. The fourth-order valence-corrected chi connectivity index (χ4v) is 2.45. The summed E-state index contributed by atoms with van der Waals surface area (Å²) in [6.45, 7) is 1.89. The molecule has 0 spiro atoms. The van der Waals surface area contributed by atoms with Crippen molar-refractivity contribution in [2.45, 2.75) is 6.92 Å². The van der Waals surface area contributed by atoms with Crippen LogP contribution in [0.15, 0.2) is 60.8 Å². The lowest BCUT2D eigenvalue weighted by molar-refractivity contribution is 0.0527. The highest BCUT2D eigenvalue weighted by atomic mass is 16.5. The lowest BCUT2D eigenvalue weighted by Gasteiger charge is -2.12. The largest absolute Gasteiger partial charge is 0.508 e. The van der Waals surface area contributed by atoms with Crippen molar-refractivity contribution in [2.24, 2.45) is 0 Å². The van der Waals surface area contributed by atoms with Crippen molar-refractivity contribution in [1.82, 2.24) is 9.78 Å². The number of aromatic nitrogens is 2. The van der Waals surface area contributed by atoms with Crippen LogP contribution in [0.25, 0.3) is 5.69 Å². The van der Waals surface area contributed by atoms with Crippen molar-refractivity contribution in [2.75, 3.05) is 17.2 Å². The van der Waals surface area contributed by atoms with Gasteiger partial charge in [0.05, 0.1) is 18.5 Å². The summed E-state index contributed by atoms with van der Waals surface area (Å²) in [5.41, 5.74) is 1.20. The number of amides is 2. The van der Waals surface area contributed by atoms with E-state index in [0.717, 1.165) is 0 Å². The predicted molar refractivity (Wildman–Crippen MR) is 100 cm³/mol. The van der Waals surface area contributed by atoms with E-state index < -0.39 is 12.0 Å². The molecular weight excluding hydrogens is 348 g/mol. The van der Waals surface area contributed by atoms with Crippen LogP contribution < -0.4 is 10.6 Å². The third-order valence-corrected chi connectivity index (χ3v) is 3.60. The van der Waals surface area contributed by atoms with Gasteiger partial charge in [-0.15, -0.1) is 0 Å². The highest BCUT2D eigenvalue weighted by molar-refractivity contribution is 6.04. The lowest BCUT2D eigenvalue weighted by atomic mass is 10.3. The van der Waals surface area contributed by atoms with Crippen molar-refractivity contribution in [3.05, 3.63) is 66.4 Å². The molecule has 0 saturated heterocycles. The minimum absolute atomic E-state index is 0.0225. The van der Waals surface area contributed by atoms with Crippen molar-refractivity contribution < 1.29 is 19.4 Å². The molecule has 0 atom stereocenters. The summed E-state index contributed by atoms with van der Waals surface area (Å²) in [4.78, 5) is 24.6. The minimum Gasteiger partial charge on any atom is -0.508 e. The van der Waals surface area contributed by atoms with Crippen LogP contribution in [0.1, 0.15) is 17.3 Å². The number of nitrogens with zero attached hydrogens (tertiary/aromatic N) is 2. The van der Waals surface area contributed by atoms with Crippen molar-refractivity contribution >= 4 is 23.5 Å². The molecule has 0 unspecified atom stereocenters. The maximum atomic E-state index is 12.4. The Morgan fingerprint density at radius 3 is 2.59 bits per heavy atom. The number of esters is 1. The molecule has 2 amide bonds. The molecule has 3 rings (SSSR count). The second-order valence-electron chi connectivity index (χ2n) is 5.50. The van der Waals surface area contributed by atoms with Crippen LogP contribution in [0, 0.1) is 0 Å². The van der Waals surface area contributed by atoms with E-state index in [0.29, 0.717) is 11.4 Å². The van der Waals surface area contributed by atoms with E-state index >= 15 is 0 Å². The SMILES string of the molecule is CCOC(=O)c1cnn(-c2ccccc2)c1NC(=O)Nc1cccc(O)c1. The molecule has 1 aromatic heterocycles. The molecule has 8 nitrogen and oxygen atoms in total. The van der Waals surface area contributed by atoms with Gasteiger partial charge in [-0.3, -0.25) is 5.32 Å². The number of benzene rings is 2. The number of phenolic OH excluding ortho intramolecular Hbond substituents is 1. The molecule has 27 heavy (non-hydrogen) atoms. The van der Waals surface area contributed by atoms with Gasteiger partial charge in [-0.2, -0.15) is 5.10 Å². The Bertz CT molecular complexity index is 953. The number of hydrogen-bond donors (Lipinski definition) is 3. The molecule has 3 aromatic rings. The molecule has 138 valence electrons. The van der Waals surface area contributed by atoms with Gasteiger partial charge in [0.1, 0.15) is 11.3 Å². The number of aromatic hydroxyl groups is 1. The number of para-hydroxylation sites is 1. The van der Waals surface area contributed by atoms with Crippen LogP contribution in [0.2, 0.25) is 0 Å². The quantitative estimate of drug-likeness (QED) is 0.600. The smallest absolute Gasteiger partial charge is 0.343 e. The summed E-state index contributed by atoms with van der Waals surface area (Å²) in [6.07, 6.45) is 1.34. The van der Waals surface area contributed by atoms with Gasteiger partial charge in [0, 0.05) is 11.8 Å². The molecule has 0 aliphatic carbocycles. The zero-order chi connectivity index (χ0) is 19.2. The highest BCUT2D eigenvalue weighted by Gasteiger charge is 2.21. The van der Waals surface area contributed by atoms with E-state index in [9.17, 15) is 14.7 Å². The first-order chi connectivity index (χ1) is 13.1. The number of carbonyl (C=O) groups is 2. The first-order valence-corrected chi connectivity index (χ1v) is 8.26. The number of carbonyl (C=O) groups excluding carboxylic acids is 2. The fraction of sp³-hybridized carbons (Fsp3) is 0.105. The van der Waals surface area contributed by atoms with Crippen LogP contribution >= 0.6 is 0 Å². The molecular formula is C19H18N4O4. The van der Waals surface area contributed by atoms with Gasteiger partial charge in [-0.25, -0.2) is 14.3 Å². The maximum Gasteiger partial charge on any atom is 0.343 e. The van der Waals surface area contributed by atoms with E-state index in [1.54, 1.807) is 31.2 Å². The molecule has 8 heteroatoms. The van der Waals surface area contributed by atoms with E-state index in [1.165, 1.54) is 23.0 Å².